The number of rotatable bonds is 14. The molecule has 7 N–H and O–H groups in total. The first kappa shape index (κ1) is 41.9. The molecule has 2 fully saturated rings. The number of phosphoric ester groups is 1. The number of oxime groups is 1. The fourth-order valence-corrected chi connectivity index (χ4v) is 7.34. The number of nitrogens with zero attached hydrogens (tertiary/aromatic N) is 2. The number of carbonyl (C=O) groups is 1. The van der Waals surface area contributed by atoms with Crippen molar-refractivity contribution < 1.29 is 67.9 Å². The van der Waals surface area contributed by atoms with Crippen LogP contribution in [0.15, 0.2) is 57.3 Å². The standard InChI is InChI=1S/C34H35Cl2N4O16P/c1-51-25-8-21(35)20(29(36)30(25)44)11-38-56-24-9-27(54-26(24)14-53-57(49,50)52-13-16-6-28(43)55-33(16)47)40-12-17(31(45)39-34(40)48)10-37-32(46)19-7-18-15(5-23(19)42)3-2-4-22(18)41/h2-5,7-8,11-12,16,24,26-28,33,41-44,47H,6,9-10,13-14H2,1H3,(H,37,46)(H,49,50)(H,39,45,48)/p-1/b38-11+/t16?,24?,26-,27-,28-,33+/m1/s1. The molecule has 1 amide bonds. The van der Waals surface area contributed by atoms with Crippen LogP contribution in [0.25, 0.3) is 10.8 Å². The summed E-state index contributed by atoms with van der Waals surface area (Å²) in [6.07, 6.45) is -4.63. The van der Waals surface area contributed by atoms with E-state index >= 15 is 0 Å². The van der Waals surface area contributed by atoms with Crippen molar-refractivity contribution in [2.45, 2.75) is 50.4 Å². The first-order chi connectivity index (χ1) is 27.0. The Kier molecular flexibility index (Phi) is 12.8. The summed E-state index contributed by atoms with van der Waals surface area (Å²) in [4.78, 5) is 59.3. The number of hydrogen-bond donors (Lipinski definition) is 7. The van der Waals surface area contributed by atoms with Crippen LogP contribution in [-0.4, -0.2) is 92.3 Å². The molecule has 0 spiro atoms. The van der Waals surface area contributed by atoms with Crippen molar-refractivity contribution in [3.63, 3.8) is 0 Å². The maximum Gasteiger partial charge on any atom is 0.330 e. The van der Waals surface area contributed by atoms with E-state index in [1.807, 2.05) is 0 Å². The number of nitrogens with one attached hydrogen (secondary N) is 2. The number of phenolic OH excluding ortho intramolecular Hbond substituents is 3. The van der Waals surface area contributed by atoms with Crippen LogP contribution in [0, 0.1) is 5.92 Å². The normalized spacial score (nSPS) is 23.2. The second-order valence-corrected chi connectivity index (χ2v) is 15.0. The van der Waals surface area contributed by atoms with Crippen LogP contribution in [0.4, 0.5) is 0 Å². The zero-order valence-corrected chi connectivity index (χ0v) is 31.8. The van der Waals surface area contributed by atoms with Crippen molar-refractivity contribution >= 4 is 53.9 Å². The Balaban J connectivity index is 1.20. The number of aliphatic hydroxyl groups is 2. The summed E-state index contributed by atoms with van der Waals surface area (Å²) in [7, 11) is -3.80. The lowest BCUT2D eigenvalue weighted by atomic mass is 10.0. The maximum absolute atomic E-state index is 13.1. The van der Waals surface area contributed by atoms with E-state index in [1.54, 1.807) is 12.1 Å². The molecule has 6 rings (SSSR count). The van der Waals surface area contributed by atoms with Gasteiger partial charge in [-0.05, 0) is 23.6 Å². The second kappa shape index (κ2) is 17.4. The van der Waals surface area contributed by atoms with Gasteiger partial charge in [-0.25, -0.2) is 4.79 Å². The van der Waals surface area contributed by atoms with Crippen LogP contribution in [0.3, 0.4) is 0 Å². The Labute approximate surface area is 330 Å². The van der Waals surface area contributed by atoms with E-state index in [9.17, 15) is 49.4 Å². The Morgan fingerprint density at radius 3 is 2.58 bits per heavy atom. The number of aromatic nitrogens is 2. The lowest BCUT2D eigenvalue weighted by molar-refractivity contribution is -0.231. The Morgan fingerprint density at radius 2 is 1.86 bits per heavy atom. The predicted octanol–water partition coefficient (Wildman–Crippen LogP) is 1.93. The van der Waals surface area contributed by atoms with E-state index in [-0.39, 0.29) is 51.1 Å². The number of ether oxygens (including phenoxy) is 3. The molecule has 23 heteroatoms. The van der Waals surface area contributed by atoms with E-state index in [4.69, 9.17) is 51.3 Å². The summed E-state index contributed by atoms with van der Waals surface area (Å²) >= 11 is 12.5. The summed E-state index contributed by atoms with van der Waals surface area (Å²) < 4.78 is 39.3. The number of aromatic hydroxyl groups is 3. The molecule has 0 bridgehead atoms. The number of benzene rings is 3. The number of aliphatic hydroxyl groups excluding tert-OH is 2. The molecule has 306 valence electrons. The third kappa shape index (κ3) is 9.53. The zero-order valence-electron chi connectivity index (χ0n) is 29.4. The maximum atomic E-state index is 13.1. The van der Waals surface area contributed by atoms with Crippen molar-refractivity contribution in [1.29, 1.82) is 0 Å². The molecule has 2 aliphatic heterocycles. The fraction of sp³-hybridized carbons (Fsp3) is 0.353. The van der Waals surface area contributed by atoms with Crippen molar-refractivity contribution in [2.75, 3.05) is 20.3 Å². The number of methoxy groups -OCH3 is 1. The van der Waals surface area contributed by atoms with Gasteiger partial charge in [0.05, 0.1) is 54.3 Å². The molecule has 3 heterocycles. The smallest absolute Gasteiger partial charge is 0.330 e. The van der Waals surface area contributed by atoms with Gasteiger partial charge in [-0.1, -0.05) is 40.5 Å². The topological polar surface area (TPSA) is 293 Å². The highest BCUT2D eigenvalue weighted by Gasteiger charge is 2.40. The molecule has 1 aromatic heterocycles. The summed E-state index contributed by atoms with van der Waals surface area (Å²) in [6.45, 7) is -1.77. The number of phenols is 3. The van der Waals surface area contributed by atoms with Crippen LogP contribution in [0.1, 0.15) is 40.6 Å². The van der Waals surface area contributed by atoms with E-state index < -0.39 is 93.2 Å². The van der Waals surface area contributed by atoms with Crippen LogP contribution >= 0.6 is 31.0 Å². The van der Waals surface area contributed by atoms with Gasteiger partial charge in [-0.2, -0.15) is 0 Å². The lowest BCUT2D eigenvalue weighted by Gasteiger charge is -2.26. The van der Waals surface area contributed by atoms with Gasteiger partial charge in [0, 0.05) is 42.0 Å². The molecule has 20 nitrogen and oxygen atoms in total. The minimum absolute atomic E-state index is 0.0138. The number of halogens is 2. The second-order valence-electron chi connectivity index (χ2n) is 12.8. The zero-order chi connectivity index (χ0) is 41.2. The highest BCUT2D eigenvalue weighted by molar-refractivity contribution is 7.45. The Morgan fingerprint density at radius 1 is 1.11 bits per heavy atom. The molecule has 4 aromatic rings. The van der Waals surface area contributed by atoms with Gasteiger partial charge in [0.25, 0.3) is 19.3 Å². The first-order valence-electron chi connectivity index (χ1n) is 16.8. The summed E-state index contributed by atoms with van der Waals surface area (Å²) in [5, 5.41) is 57.3. The molecule has 2 saturated heterocycles. The predicted molar refractivity (Wildman–Crippen MR) is 196 cm³/mol. The molecule has 0 aliphatic carbocycles. The number of fused-ring (bicyclic) bond motifs is 1. The molecular formula is C34H34Cl2N4O16P-. The Hall–Kier alpha value is -4.73. The van der Waals surface area contributed by atoms with Gasteiger partial charge >= 0.3 is 5.69 Å². The van der Waals surface area contributed by atoms with Gasteiger partial charge in [0.2, 0.25) is 0 Å². The minimum Gasteiger partial charge on any atom is -0.756 e. The van der Waals surface area contributed by atoms with Gasteiger partial charge < -0.3 is 63.8 Å². The summed E-state index contributed by atoms with van der Waals surface area (Å²) in [5.74, 6) is -2.66. The van der Waals surface area contributed by atoms with Crippen LogP contribution in [0.5, 0.6) is 23.0 Å². The van der Waals surface area contributed by atoms with Crippen molar-refractivity contribution in [3.8, 4) is 23.0 Å². The number of phosphoric acid groups is 1. The molecule has 0 radical (unpaired) electrons. The molecule has 3 aromatic carbocycles. The molecular weight excluding hydrogens is 822 g/mol. The van der Waals surface area contributed by atoms with Crippen molar-refractivity contribution in [1.82, 2.24) is 14.9 Å². The van der Waals surface area contributed by atoms with E-state index in [2.05, 4.69) is 15.5 Å². The van der Waals surface area contributed by atoms with E-state index in [0.29, 0.717) is 10.8 Å². The number of amides is 1. The highest BCUT2D eigenvalue weighted by atomic mass is 35.5. The lowest BCUT2D eigenvalue weighted by Crippen LogP contribution is -2.36. The van der Waals surface area contributed by atoms with Crippen LogP contribution in [-0.2, 0) is 34.5 Å². The number of H-pyrrole nitrogens is 1. The van der Waals surface area contributed by atoms with Crippen LogP contribution < -0.4 is 26.2 Å². The molecule has 0 saturated carbocycles. The Bertz CT molecular complexity index is 2360. The van der Waals surface area contributed by atoms with E-state index in [0.717, 1.165) is 17.0 Å². The summed E-state index contributed by atoms with van der Waals surface area (Å²) in [5.41, 5.74) is -2.12. The number of hydrogen-bond acceptors (Lipinski definition) is 17. The van der Waals surface area contributed by atoms with Crippen molar-refractivity contribution in [2.24, 2.45) is 11.1 Å². The molecule has 3 unspecified atom stereocenters. The van der Waals surface area contributed by atoms with E-state index in [1.165, 1.54) is 31.4 Å². The quantitative estimate of drug-likeness (QED) is 0.0542. The minimum atomic E-state index is -5.08. The molecule has 2 aliphatic rings. The fourth-order valence-electron chi connectivity index (χ4n) is 6.03. The monoisotopic (exact) mass is 855 g/mol. The van der Waals surface area contributed by atoms with Crippen molar-refractivity contribution in [3.05, 3.63) is 90.2 Å². The third-order valence-corrected chi connectivity index (χ3v) is 10.7. The van der Waals surface area contributed by atoms with Gasteiger partial charge in [0.15, 0.2) is 30.2 Å². The SMILES string of the molecule is COc1cc(Cl)c(/C=N/OC2C[C@H](n3cc(CNC(=O)c4cc5c(O)cccc5cc4O)c(=O)[nH]c3=O)O[C@@H]2COP(=O)([O-])OCC2C[C@H](O)O[C@@H]2O)c(Cl)c1O. The van der Waals surface area contributed by atoms with Gasteiger partial charge in [0.1, 0.15) is 23.8 Å². The van der Waals surface area contributed by atoms with Gasteiger partial charge in [-0.3, -0.25) is 23.7 Å². The number of aromatic amines is 1. The first-order valence-corrected chi connectivity index (χ1v) is 19.1. The third-order valence-electron chi connectivity index (χ3n) is 9.03. The molecule has 7 atom stereocenters. The largest absolute Gasteiger partial charge is 0.756 e. The summed E-state index contributed by atoms with van der Waals surface area (Å²) in [6, 6.07) is 8.44. The molecule has 57 heavy (non-hydrogen) atoms. The average molecular weight is 857 g/mol. The van der Waals surface area contributed by atoms with Crippen LogP contribution in [0.2, 0.25) is 10.0 Å². The average Bonchev–Trinajstić information content (AvgIpc) is 3.72. The highest BCUT2D eigenvalue weighted by Crippen LogP contribution is 2.43. The number of carbonyl (C=O) groups excluding carboxylic acids is 1. The van der Waals surface area contributed by atoms with Gasteiger partial charge in [-0.15, -0.1) is 0 Å².